The molecule has 0 heterocycles. The molecule has 3 heteroatoms. The Labute approximate surface area is 99.5 Å². The lowest BCUT2D eigenvalue weighted by Gasteiger charge is -2.07. The fraction of sp³-hybridized carbons (Fsp3) is 0.0714. The van der Waals surface area contributed by atoms with Gasteiger partial charge in [-0.1, -0.05) is 0 Å². The molecule has 2 aromatic rings. The maximum atomic E-state index is 9.43. The van der Waals surface area contributed by atoms with E-state index in [2.05, 4.69) is 0 Å². The molecular weight excluding hydrogens is 214 g/mol. The zero-order valence-electron chi connectivity index (χ0n) is 9.34. The van der Waals surface area contributed by atoms with Gasteiger partial charge in [0.05, 0.1) is 11.6 Å². The minimum Gasteiger partial charge on any atom is -0.508 e. The van der Waals surface area contributed by atoms with Crippen molar-refractivity contribution >= 4 is 0 Å². The van der Waals surface area contributed by atoms with E-state index in [0.717, 1.165) is 5.56 Å². The highest BCUT2D eigenvalue weighted by molar-refractivity contribution is 5.41. The van der Waals surface area contributed by atoms with Crippen LogP contribution in [0.25, 0.3) is 0 Å². The summed E-state index contributed by atoms with van der Waals surface area (Å²) in [6, 6.07) is 13.9. The van der Waals surface area contributed by atoms with Crippen LogP contribution in [0.15, 0.2) is 42.5 Å². The van der Waals surface area contributed by atoms with E-state index in [1.54, 1.807) is 36.4 Å². The number of nitrogens with zero attached hydrogens (tertiary/aromatic N) is 1. The van der Waals surface area contributed by atoms with Crippen LogP contribution in [0.5, 0.6) is 17.2 Å². The Morgan fingerprint density at radius 1 is 1.06 bits per heavy atom. The number of hydrogen-bond acceptors (Lipinski definition) is 3. The fourth-order valence-corrected chi connectivity index (χ4v) is 1.52. The van der Waals surface area contributed by atoms with Gasteiger partial charge >= 0.3 is 0 Å². The number of rotatable bonds is 2. The summed E-state index contributed by atoms with van der Waals surface area (Å²) in [5, 5.41) is 18.1. The van der Waals surface area contributed by atoms with Crippen molar-refractivity contribution < 1.29 is 9.84 Å². The van der Waals surface area contributed by atoms with Gasteiger partial charge in [0.2, 0.25) is 0 Å². The van der Waals surface area contributed by atoms with Crippen LogP contribution in [-0.2, 0) is 0 Å². The second kappa shape index (κ2) is 4.58. The van der Waals surface area contributed by atoms with Crippen LogP contribution in [-0.4, -0.2) is 5.11 Å². The molecule has 0 atom stereocenters. The summed E-state index contributed by atoms with van der Waals surface area (Å²) in [6.45, 7) is 1.88. The Balaban J connectivity index is 2.22. The maximum absolute atomic E-state index is 9.43. The number of aromatic hydroxyl groups is 1. The second-order valence-electron chi connectivity index (χ2n) is 3.74. The first kappa shape index (κ1) is 11.0. The third-order valence-electron chi connectivity index (χ3n) is 2.25. The number of ether oxygens (including phenoxy) is 1. The number of phenolic OH excluding ortho intramolecular Hbond substituents is 1. The fourth-order valence-electron chi connectivity index (χ4n) is 1.52. The Bertz CT molecular complexity index is 548. The van der Waals surface area contributed by atoms with Crippen molar-refractivity contribution in [3.05, 3.63) is 53.6 Å². The SMILES string of the molecule is Cc1cc(O)cc(Oc2ccc(C#N)cc2)c1. The topological polar surface area (TPSA) is 53.2 Å². The summed E-state index contributed by atoms with van der Waals surface area (Å²) in [4.78, 5) is 0. The van der Waals surface area contributed by atoms with Gasteiger partial charge in [0.25, 0.3) is 0 Å². The van der Waals surface area contributed by atoms with Gasteiger partial charge in [0.15, 0.2) is 0 Å². The Kier molecular flexibility index (Phi) is 2.97. The molecule has 0 saturated carbocycles. The molecule has 0 saturated heterocycles. The number of nitriles is 1. The molecular formula is C14H11NO2. The first-order valence-electron chi connectivity index (χ1n) is 5.16. The molecule has 0 radical (unpaired) electrons. The maximum Gasteiger partial charge on any atom is 0.131 e. The molecule has 0 aliphatic carbocycles. The second-order valence-corrected chi connectivity index (χ2v) is 3.74. The van der Waals surface area contributed by atoms with Crippen molar-refractivity contribution in [2.75, 3.05) is 0 Å². The van der Waals surface area contributed by atoms with E-state index >= 15 is 0 Å². The Morgan fingerprint density at radius 3 is 2.35 bits per heavy atom. The van der Waals surface area contributed by atoms with Gasteiger partial charge in [0.1, 0.15) is 17.2 Å². The average Bonchev–Trinajstić information content (AvgIpc) is 2.28. The predicted octanol–water partition coefficient (Wildman–Crippen LogP) is 3.36. The van der Waals surface area contributed by atoms with E-state index in [0.29, 0.717) is 17.1 Å². The van der Waals surface area contributed by atoms with Crippen molar-refractivity contribution in [2.45, 2.75) is 6.92 Å². The molecule has 0 aliphatic heterocycles. The summed E-state index contributed by atoms with van der Waals surface area (Å²) in [5.41, 5.74) is 1.51. The number of aryl methyl sites for hydroxylation is 1. The lowest BCUT2D eigenvalue weighted by atomic mass is 10.2. The molecule has 0 aliphatic rings. The van der Waals surface area contributed by atoms with Gasteiger partial charge in [-0.15, -0.1) is 0 Å². The van der Waals surface area contributed by atoms with Crippen LogP contribution < -0.4 is 4.74 Å². The van der Waals surface area contributed by atoms with Gasteiger partial charge in [-0.2, -0.15) is 5.26 Å². The van der Waals surface area contributed by atoms with Crippen molar-refractivity contribution in [3.8, 4) is 23.3 Å². The third kappa shape index (κ3) is 2.76. The van der Waals surface area contributed by atoms with E-state index in [1.165, 1.54) is 0 Å². The highest BCUT2D eigenvalue weighted by Crippen LogP contribution is 2.26. The van der Waals surface area contributed by atoms with Gasteiger partial charge in [-0.05, 0) is 48.9 Å². The minimum atomic E-state index is 0.175. The summed E-state index contributed by atoms with van der Waals surface area (Å²) in [7, 11) is 0. The van der Waals surface area contributed by atoms with Crippen LogP contribution in [0.2, 0.25) is 0 Å². The zero-order valence-corrected chi connectivity index (χ0v) is 9.34. The average molecular weight is 225 g/mol. The van der Waals surface area contributed by atoms with Crippen molar-refractivity contribution in [2.24, 2.45) is 0 Å². The first-order chi connectivity index (χ1) is 8.17. The van der Waals surface area contributed by atoms with E-state index in [4.69, 9.17) is 10.00 Å². The van der Waals surface area contributed by atoms with Gasteiger partial charge in [-0.25, -0.2) is 0 Å². The lowest BCUT2D eigenvalue weighted by Crippen LogP contribution is -1.85. The van der Waals surface area contributed by atoms with E-state index < -0.39 is 0 Å². The molecule has 3 nitrogen and oxygen atoms in total. The van der Waals surface area contributed by atoms with Crippen LogP contribution in [0.4, 0.5) is 0 Å². The van der Waals surface area contributed by atoms with Crippen molar-refractivity contribution in [1.29, 1.82) is 5.26 Å². The van der Waals surface area contributed by atoms with Crippen LogP contribution in [0.3, 0.4) is 0 Å². The third-order valence-corrected chi connectivity index (χ3v) is 2.25. The minimum absolute atomic E-state index is 0.175. The highest BCUT2D eigenvalue weighted by atomic mass is 16.5. The quantitative estimate of drug-likeness (QED) is 0.852. The normalized spacial score (nSPS) is 9.65. The van der Waals surface area contributed by atoms with E-state index in [9.17, 15) is 5.11 Å². The molecule has 1 N–H and O–H groups in total. The standard InChI is InChI=1S/C14H11NO2/c1-10-6-12(16)8-14(7-10)17-13-4-2-11(9-15)3-5-13/h2-8,16H,1H3. The summed E-state index contributed by atoms with van der Waals surface area (Å²) in [6.07, 6.45) is 0. The highest BCUT2D eigenvalue weighted by Gasteiger charge is 2.00. The molecule has 84 valence electrons. The van der Waals surface area contributed by atoms with Crippen molar-refractivity contribution in [1.82, 2.24) is 0 Å². The molecule has 17 heavy (non-hydrogen) atoms. The molecule has 2 aromatic carbocycles. The molecule has 0 bridgehead atoms. The number of phenols is 1. The van der Waals surface area contributed by atoms with Gasteiger partial charge in [0, 0.05) is 6.07 Å². The molecule has 0 amide bonds. The Morgan fingerprint density at radius 2 is 1.76 bits per heavy atom. The van der Waals surface area contributed by atoms with Crippen LogP contribution >= 0.6 is 0 Å². The molecule has 0 spiro atoms. The monoisotopic (exact) mass is 225 g/mol. The van der Waals surface area contributed by atoms with E-state index in [1.807, 2.05) is 19.1 Å². The zero-order chi connectivity index (χ0) is 12.3. The largest absolute Gasteiger partial charge is 0.508 e. The predicted molar refractivity (Wildman–Crippen MR) is 64.1 cm³/mol. The van der Waals surface area contributed by atoms with E-state index in [-0.39, 0.29) is 5.75 Å². The lowest BCUT2D eigenvalue weighted by molar-refractivity contribution is 0.454. The number of benzene rings is 2. The molecule has 0 fully saturated rings. The molecule has 0 aromatic heterocycles. The Hall–Kier alpha value is -2.47. The van der Waals surface area contributed by atoms with Crippen LogP contribution in [0, 0.1) is 18.3 Å². The molecule has 2 rings (SSSR count). The van der Waals surface area contributed by atoms with Gasteiger partial charge < -0.3 is 9.84 Å². The summed E-state index contributed by atoms with van der Waals surface area (Å²) in [5.74, 6) is 1.38. The number of hydrogen-bond donors (Lipinski definition) is 1. The smallest absolute Gasteiger partial charge is 0.131 e. The first-order valence-corrected chi connectivity index (χ1v) is 5.16. The van der Waals surface area contributed by atoms with Gasteiger partial charge in [-0.3, -0.25) is 0 Å². The van der Waals surface area contributed by atoms with Crippen LogP contribution in [0.1, 0.15) is 11.1 Å². The summed E-state index contributed by atoms with van der Waals surface area (Å²) >= 11 is 0. The summed E-state index contributed by atoms with van der Waals surface area (Å²) < 4.78 is 5.57. The van der Waals surface area contributed by atoms with Crippen molar-refractivity contribution in [3.63, 3.8) is 0 Å². The molecule has 0 unspecified atom stereocenters.